The van der Waals surface area contributed by atoms with Crippen molar-refractivity contribution >= 4 is 0 Å². The van der Waals surface area contributed by atoms with Crippen LogP contribution in [0.15, 0.2) is 0 Å². The summed E-state index contributed by atoms with van der Waals surface area (Å²) in [5, 5.41) is 55.9. The predicted octanol–water partition coefficient (Wildman–Crippen LogP) is -2.49. The molecule has 0 radical (unpaired) electrons. The van der Waals surface area contributed by atoms with E-state index in [4.69, 9.17) is 39.4 Å². The molecule has 0 aromatic carbocycles. The van der Waals surface area contributed by atoms with Crippen molar-refractivity contribution in [2.45, 2.75) is 52.1 Å². The van der Waals surface area contributed by atoms with Gasteiger partial charge in [-0.3, -0.25) is 19.6 Å². The normalized spacial score (nSPS) is 15.6. The van der Waals surface area contributed by atoms with Crippen LogP contribution in [0.2, 0.25) is 0 Å². The zero-order valence-electron chi connectivity index (χ0n) is 23.7. The van der Waals surface area contributed by atoms with Crippen LogP contribution in [0.5, 0.6) is 0 Å². The summed E-state index contributed by atoms with van der Waals surface area (Å²) >= 11 is 0. The molecule has 4 unspecified atom stereocenters. The Morgan fingerprint density at radius 2 is 0.658 bits per heavy atom. The third-order valence-corrected chi connectivity index (χ3v) is 6.09. The molecule has 0 saturated heterocycles. The molecule has 0 fully saturated rings. The van der Waals surface area contributed by atoms with E-state index in [9.17, 15) is 10.2 Å². The van der Waals surface area contributed by atoms with E-state index in [1.165, 1.54) is 0 Å². The van der Waals surface area contributed by atoms with Crippen LogP contribution in [-0.4, -0.2) is 181 Å². The highest BCUT2D eigenvalue weighted by atomic mass is 16.6. The predicted molar refractivity (Wildman–Crippen MR) is 141 cm³/mol. The van der Waals surface area contributed by atoms with Crippen LogP contribution >= 0.6 is 0 Å². The first-order chi connectivity index (χ1) is 18.2. The van der Waals surface area contributed by atoms with Crippen LogP contribution in [0.25, 0.3) is 0 Å². The highest BCUT2D eigenvalue weighted by molar-refractivity contribution is 4.71. The van der Waals surface area contributed by atoms with Crippen LogP contribution in [0, 0.1) is 0 Å². The molecule has 0 spiro atoms. The van der Waals surface area contributed by atoms with Gasteiger partial charge in [-0.25, -0.2) is 0 Å². The van der Waals surface area contributed by atoms with Gasteiger partial charge in [0.25, 0.3) is 0 Å². The molecule has 14 nitrogen and oxygen atoms in total. The molecule has 0 aromatic rings. The average Bonchev–Trinajstić information content (AvgIpc) is 2.86. The van der Waals surface area contributed by atoms with E-state index in [1.807, 2.05) is 37.5 Å². The van der Waals surface area contributed by atoms with Gasteiger partial charge in [-0.1, -0.05) is 0 Å². The van der Waals surface area contributed by atoms with Crippen LogP contribution in [0.4, 0.5) is 0 Å². The van der Waals surface area contributed by atoms with Crippen LogP contribution in [0.3, 0.4) is 0 Å². The largest absolute Gasteiger partial charge is 0.381 e. The molecule has 0 amide bonds. The maximum Gasteiger partial charge on any atom is 0.143 e. The van der Waals surface area contributed by atoms with Crippen molar-refractivity contribution in [2.24, 2.45) is 0 Å². The molecule has 0 rings (SSSR count). The van der Waals surface area contributed by atoms with Gasteiger partial charge in [-0.05, 0) is 27.7 Å². The SMILES string of the molecule is CC(CN(CO)CCN(CCN(CO)CCN(CC(C)OCO)CC(C)OCO)CC(C)OCO)OCO. The van der Waals surface area contributed by atoms with Crippen molar-refractivity contribution in [3.63, 3.8) is 0 Å². The van der Waals surface area contributed by atoms with Crippen molar-refractivity contribution in [1.29, 1.82) is 0 Å². The molecule has 4 atom stereocenters. The fraction of sp³-hybridized carbons (Fsp3) is 1.00. The number of aliphatic hydroxyl groups excluding tert-OH is 6. The molecular weight excluding hydrogens is 504 g/mol. The maximum atomic E-state index is 10.00. The van der Waals surface area contributed by atoms with Gasteiger partial charge in [0.2, 0.25) is 0 Å². The Morgan fingerprint density at radius 3 is 1.00 bits per heavy atom. The second-order valence-corrected chi connectivity index (χ2v) is 9.46. The lowest BCUT2D eigenvalue weighted by atomic mass is 10.3. The van der Waals surface area contributed by atoms with E-state index in [0.717, 1.165) is 0 Å². The van der Waals surface area contributed by atoms with Gasteiger partial charge in [0.1, 0.15) is 27.2 Å². The Hall–Kier alpha value is -0.560. The number of aliphatic hydroxyl groups is 6. The highest BCUT2D eigenvalue weighted by Crippen LogP contribution is 2.04. The van der Waals surface area contributed by atoms with Gasteiger partial charge in [0.15, 0.2) is 0 Å². The number of hydrogen-bond donors (Lipinski definition) is 6. The number of ether oxygens (including phenoxy) is 4. The van der Waals surface area contributed by atoms with Gasteiger partial charge in [0.05, 0.1) is 37.9 Å². The Balaban J connectivity index is 5.03. The fourth-order valence-electron chi connectivity index (χ4n) is 4.05. The smallest absolute Gasteiger partial charge is 0.143 e. The van der Waals surface area contributed by atoms with Gasteiger partial charge >= 0.3 is 0 Å². The van der Waals surface area contributed by atoms with E-state index in [-0.39, 0.29) is 65.0 Å². The zero-order chi connectivity index (χ0) is 28.8. The monoisotopic (exact) mass is 558 g/mol. The minimum Gasteiger partial charge on any atom is -0.381 e. The van der Waals surface area contributed by atoms with Crippen LogP contribution in [0.1, 0.15) is 27.7 Å². The molecule has 0 aliphatic rings. The minimum atomic E-state index is -0.377. The molecule has 14 heteroatoms. The van der Waals surface area contributed by atoms with Crippen molar-refractivity contribution in [3.8, 4) is 0 Å². The summed E-state index contributed by atoms with van der Waals surface area (Å²) in [7, 11) is 0. The first-order valence-corrected chi connectivity index (χ1v) is 13.2. The molecule has 0 aliphatic heterocycles. The Morgan fingerprint density at radius 1 is 0.395 bits per heavy atom. The molecule has 0 saturated carbocycles. The highest BCUT2D eigenvalue weighted by Gasteiger charge is 2.18. The topological polar surface area (TPSA) is 171 Å². The molecule has 0 aliphatic carbocycles. The average molecular weight is 559 g/mol. The van der Waals surface area contributed by atoms with E-state index < -0.39 is 0 Å². The van der Waals surface area contributed by atoms with E-state index in [2.05, 4.69) is 9.80 Å². The van der Waals surface area contributed by atoms with E-state index >= 15 is 0 Å². The molecule has 230 valence electrons. The van der Waals surface area contributed by atoms with E-state index in [1.54, 1.807) is 0 Å². The van der Waals surface area contributed by atoms with Gasteiger partial charge in [0, 0.05) is 65.4 Å². The molecule has 0 aromatic heterocycles. The summed E-state index contributed by atoms with van der Waals surface area (Å²) in [5.41, 5.74) is 0. The molecule has 0 bridgehead atoms. The summed E-state index contributed by atoms with van der Waals surface area (Å²) in [6.45, 7) is 11.3. The van der Waals surface area contributed by atoms with Crippen molar-refractivity contribution in [3.05, 3.63) is 0 Å². The van der Waals surface area contributed by atoms with E-state index in [0.29, 0.717) is 65.4 Å². The molecule has 6 N–H and O–H groups in total. The fourth-order valence-corrected chi connectivity index (χ4v) is 4.05. The lowest BCUT2D eigenvalue weighted by Crippen LogP contribution is -2.46. The lowest BCUT2D eigenvalue weighted by molar-refractivity contribution is -0.0734. The first-order valence-electron chi connectivity index (χ1n) is 13.2. The van der Waals surface area contributed by atoms with Crippen molar-refractivity contribution < 1.29 is 49.6 Å². The summed E-state index contributed by atoms with van der Waals surface area (Å²) in [5.74, 6) is 0. The third-order valence-electron chi connectivity index (χ3n) is 6.09. The summed E-state index contributed by atoms with van der Waals surface area (Å²) in [4.78, 5) is 7.98. The third kappa shape index (κ3) is 19.5. The lowest BCUT2D eigenvalue weighted by Gasteiger charge is -2.32. The second kappa shape index (κ2) is 24.3. The standard InChI is InChI=1S/C24H54N4O10/c1-21(35-17-31)11-25(6-10-28(16-30)14-24(4)38-20-34)5-7-26(15-29)8-9-27(12-22(2)36-18-32)13-23(3)37-19-33/h21-24,29-34H,5-20H2,1-4H3. The quantitative estimate of drug-likeness (QED) is 0.0585. The number of hydrogen-bond acceptors (Lipinski definition) is 14. The summed E-state index contributed by atoms with van der Waals surface area (Å²) in [6, 6.07) is 0. The number of rotatable bonds is 27. The van der Waals surface area contributed by atoms with Gasteiger partial charge < -0.3 is 49.6 Å². The molecule has 38 heavy (non-hydrogen) atoms. The minimum absolute atomic E-state index is 0.130. The van der Waals surface area contributed by atoms with Gasteiger partial charge in [-0.15, -0.1) is 0 Å². The maximum absolute atomic E-state index is 10.00. The number of nitrogens with zero attached hydrogens (tertiary/aromatic N) is 4. The zero-order valence-corrected chi connectivity index (χ0v) is 23.7. The van der Waals surface area contributed by atoms with Crippen LogP contribution < -0.4 is 0 Å². The summed E-state index contributed by atoms with van der Waals surface area (Å²) in [6.07, 6.45) is -0.848. The Bertz CT molecular complexity index is 515. The van der Waals surface area contributed by atoms with Crippen molar-refractivity contribution in [2.75, 3.05) is 106 Å². The Kier molecular flexibility index (Phi) is 23.9. The summed E-state index contributed by atoms with van der Waals surface area (Å²) < 4.78 is 21.0. The second-order valence-electron chi connectivity index (χ2n) is 9.46. The first kappa shape index (κ1) is 37.4. The van der Waals surface area contributed by atoms with Crippen molar-refractivity contribution in [1.82, 2.24) is 19.6 Å². The Labute approximate surface area is 227 Å². The van der Waals surface area contributed by atoms with Crippen LogP contribution in [-0.2, 0) is 18.9 Å². The molecule has 0 heterocycles. The molecular formula is C24H54N4O10. The van der Waals surface area contributed by atoms with Gasteiger partial charge in [-0.2, -0.15) is 0 Å².